The van der Waals surface area contributed by atoms with Crippen LogP contribution in [0.3, 0.4) is 0 Å². The second-order valence-corrected chi connectivity index (χ2v) is 10.2. The molecule has 0 aromatic carbocycles. The topological polar surface area (TPSA) is 46.9 Å². The van der Waals surface area contributed by atoms with Crippen LogP contribution in [0.25, 0.3) is 0 Å². The molecule has 24 heavy (non-hydrogen) atoms. The number of hydrogen-bond donors (Lipinski definition) is 1. The van der Waals surface area contributed by atoms with Gasteiger partial charge in [-0.05, 0) is 56.8 Å². The van der Waals surface area contributed by atoms with Gasteiger partial charge in [0.2, 0.25) is 5.91 Å². The maximum atomic E-state index is 12.5. The zero-order chi connectivity index (χ0) is 17.8. The van der Waals surface area contributed by atoms with Crippen molar-refractivity contribution in [3.05, 3.63) is 12.4 Å². The fourth-order valence-electron chi connectivity index (χ4n) is 4.70. The lowest BCUT2D eigenvalue weighted by atomic mass is 9.69. The van der Waals surface area contributed by atoms with E-state index in [1.54, 1.807) is 0 Å². The standard InChI is InChI=1S/C19H31N3OS/c1-17(2,3)22-10-9-20-16(22)24-12-15(23)21-14-11-13-7-8-19(14,6)18(13,4)5/h9-10,13-14H,7-8,11-12H2,1-6H3,(H,21,23)/t13-,14+,19-/m1/s1. The Bertz CT molecular complexity index is 631. The highest BCUT2D eigenvalue weighted by Crippen LogP contribution is 2.65. The van der Waals surface area contributed by atoms with Gasteiger partial charge in [-0.15, -0.1) is 0 Å². The first-order valence-corrected chi connectivity index (χ1v) is 10.0. The number of nitrogens with zero attached hydrogens (tertiary/aromatic N) is 2. The molecule has 1 aromatic rings. The van der Waals surface area contributed by atoms with Crippen molar-refractivity contribution in [1.82, 2.24) is 14.9 Å². The van der Waals surface area contributed by atoms with E-state index in [4.69, 9.17) is 0 Å². The minimum Gasteiger partial charge on any atom is -0.352 e. The first kappa shape index (κ1) is 17.8. The van der Waals surface area contributed by atoms with Gasteiger partial charge in [-0.3, -0.25) is 4.79 Å². The molecular formula is C19H31N3OS. The van der Waals surface area contributed by atoms with Crippen LogP contribution in [-0.4, -0.2) is 27.3 Å². The summed E-state index contributed by atoms with van der Waals surface area (Å²) >= 11 is 1.53. The van der Waals surface area contributed by atoms with Crippen LogP contribution in [0.5, 0.6) is 0 Å². The van der Waals surface area contributed by atoms with E-state index in [1.165, 1.54) is 24.6 Å². The summed E-state index contributed by atoms with van der Waals surface area (Å²) < 4.78 is 2.13. The van der Waals surface area contributed by atoms with Gasteiger partial charge in [0, 0.05) is 24.0 Å². The molecule has 134 valence electrons. The Balaban J connectivity index is 1.59. The fourth-order valence-corrected chi connectivity index (χ4v) is 5.65. The summed E-state index contributed by atoms with van der Waals surface area (Å²) in [6, 6.07) is 0.321. The summed E-state index contributed by atoms with van der Waals surface area (Å²) in [4.78, 5) is 16.9. The van der Waals surface area contributed by atoms with Crippen molar-refractivity contribution in [2.24, 2.45) is 16.7 Å². The van der Waals surface area contributed by atoms with Gasteiger partial charge in [0.05, 0.1) is 5.75 Å². The van der Waals surface area contributed by atoms with Gasteiger partial charge >= 0.3 is 0 Å². The summed E-state index contributed by atoms with van der Waals surface area (Å²) in [6.45, 7) is 13.6. The van der Waals surface area contributed by atoms with E-state index in [2.05, 4.69) is 56.4 Å². The molecule has 3 rings (SSSR count). The number of imidazole rings is 1. The quantitative estimate of drug-likeness (QED) is 0.834. The largest absolute Gasteiger partial charge is 0.352 e. The fraction of sp³-hybridized carbons (Fsp3) is 0.789. The van der Waals surface area contributed by atoms with Crippen molar-refractivity contribution in [2.75, 3.05) is 5.75 Å². The normalized spacial score (nSPS) is 31.4. The molecule has 0 aliphatic heterocycles. The molecule has 3 atom stereocenters. The molecule has 4 nitrogen and oxygen atoms in total. The van der Waals surface area contributed by atoms with Crippen molar-refractivity contribution in [3.63, 3.8) is 0 Å². The van der Waals surface area contributed by atoms with Crippen LogP contribution in [0.4, 0.5) is 0 Å². The third kappa shape index (κ3) is 2.79. The van der Waals surface area contributed by atoms with Crippen molar-refractivity contribution in [3.8, 4) is 0 Å². The molecule has 2 saturated carbocycles. The van der Waals surface area contributed by atoms with Crippen LogP contribution in [0.1, 0.15) is 60.8 Å². The Morgan fingerprint density at radius 2 is 2.12 bits per heavy atom. The number of nitrogens with one attached hydrogen (secondary N) is 1. The highest BCUT2D eigenvalue weighted by atomic mass is 32.2. The molecule has 1 heterocycles. The van der Waals surface area contributed by atoms with E-state index in [-0.39, 0.29) is 16.9 Å². The number of fused-ring (bicyclic) bond motifs is 2. The Labute approximate surface area is 150 Å². The SMILES string of the molecule is CC(C)(C)n1ccnc1SCC(=O)N[C@H]1C[C@H]2CC[C@@]1(C)C2(C)C. The Kier molecular flexibility index (Phi) is 4.30. The molecule has 5 heteroatoms. The number of carbonyl (C=O) groups is 1. The summed E-state index contributed by atoms with van der Waals surface area (Å²) in [6.07, 6.45) is 7.48. The number of amides is 1. The Morgan fingerprint density at radius 3 is 2.67 bits per heavy atom. The van der Waals surface area contributed by atoms with Gasteiger partial charge in [0.1, 0.15) is 0 Å². The lowest BCUT2D eigenvalue weighted by Crippen LogP contribution is -2.47. The average Bonchev–Trinajstić information content (AvgIpc) is 3.07. The molecule has 2 bridgehead atoms. The number of hydrogen-bond acceptors (Lipinski definition) is 3. The molecule has 2 aliphatic rings. The molecule has 0 saturated heterocycles. The van der Waals surface area contributed by atoms with Crippen LogP contribution in [0, 0.1) is 16.7 Å². The zero-order valence-electron chi connectivity index (χ0n) is 15.8. The predicted molar refractivity (Wildman–Crippen MR) is 99.1 cm³/mol. The van der Waals surface area contributed by atoms with Gasteiger partial charge in [-0.2, -0.15) is 0 Å². The van der Waals surface area contributed by atoms with Crippen LogP contribution >= 0.6 is 11.8 Å². The van der Waals surface area contributed by atoms with E-state index < -0.39 is 0 Å². The van der Waals surface area contributed by atoms with E-state index in [9.17, 15) is 4.79 Å². The highest BCUT2D eigenvalue weighted by molar-refractivity contribution is 7.99. The maximum absolute atomic E-state index is 12.5. The van der Waals surface area contributed by atoms with Gasteiger partial charge < -0.3 is 9.88 Å². The molecule has 1 amide bonds. The molecule has 2 aliphatic carbocycles. The van der Waals surface area contributed by atoms with Gasteiger partial charge in [-0.1, -0.05) is 32.5 Å². The van der Waals surface area contributed by atoms with E-state index in [0.29, 0.717) is 17.2 Å². The second-order valence-electron chi connectivity index (χ2n) is 9.27. The first-order valence-electron chi connectivity index (χ1n) is 9.02. The number of rotatable bonds is 4. The van der Waals surface area contributed by atoms with Gasteiger partial charge in [-0.25, -0.2) is 4.98 Å². The summed E-state index contributed by atoms with van der Waals surface area (Å²) in [5, 5.41) is 4.24. The predicted octanol–water partition coefficient (Wildman–Crippen LogP) is 4.06. The van der Waals surface area contributed by atoms with Gasteiger partial charge in [0.15, 0.2) is 5.16 Å². The zero-order valence-corrected chi connectivity index (χ0v) is 16.7. The van der Waals surface area contributed by atoms with Crippen LogP contribution in [0.2, 0.25) is 0 Å². The van der Waals surface area contributed by atoms with Crippen molar-refractivity contribution >= 4 is 17.7 Å². The third-order valence-corrected chi connectivity index (χ3v) is 7.76. The summed E-state index contributed by atoms with van der Waals surface area (Å²) in [5.41, 5.74) is 0.555. The Morgan fingerprint density at radius 1 is 1.42 bits per heavy atom. The number of aromatic nitrogens is 2. The molecule has 1 N–H and O–H groups in total. The smallest absolute Gasteiger partial charge is 0.230 e. The number of thioether (sulfide) groups is 1. The number of carbonyl (C=O) groups excluding carboxylic acids is 1. The summed E-state index contributed by atoms with van der Waals surface area (Å²) in [7, 11) is 0. The molecule has 1 aromatic heterocycles. The monoisotopic (exact) mass is 349 g/mol. The van der Waals surface area contributed by atoms with E-state index >= 15 is 0 Å². The molecule has 0 unspecified atom stereocenters. The summed E-state index contributed by atoms with van der Waals surface area (Å²) in [5.74, 6) is 1.32. The first-order chi connectivity index (χ1) is 11.1. The molecule has 2 fully saturated rings. The van der Waals surface area contributed by atoms with Crippen LogP contribution < -0.4 is 5.32 Å². The lowest BCUT2D eigenvalue weighted by Gasteiger charge is -2.39. The third-order valence-electron chi connectivity index (χ3n) is 6.79. The highest BCUT2D eigenvalue weighted by Gasteiger charge is 2.61. The molecule has 0 spiro atoms. The van der Waals surface area contributed by atoms with Crippen molar-refractivity contribution < 1.29 is 4.79 Å². The second kappa shape index (κ2) is 5.79. The van der Waals surface area contributed by atoms with Crippen LogP contribution in [-0.2, 0) is 10.3 Å². The minimum atomic E-state index is -0.0165. The minimum absolute atomic E-state index is 0.0165. The van der Waals surface area contributed by atoms with E-state index in [1.807, 2.05) is 12.4 Å². The molecule has 0 radical (unpaired) electrons. The van der Waals surface area contributed by atoms with Crippen LogP contribution in [0.15, 0.2) is 17.6 Å². The van der Waals surface area contributed by atoms with E-state index in [0.717, 1.165) is 17.5 Å². The Hall–Kier alpha value is -0.970. The average molecular weight is 350 g/mol. The lowest BCUT2D eigenvalue weighted by molar-refractivity contribution is -0.120. The van der Waals surface area contributed by atoms with Crippen molar-refractivity contribution in [1.29, 1.82) is 0 Å². The van der Waals surface area contributed by atoms with Gasteiger partial charge in [0.25, 0.3) is 0 Å². The molecular weight excluding hydrogens is 318 g/mol. The van der Waals surface area contributed by atoms with Crippen molar-refractivity contribution in [2.45, 2.75) is 77.5 Å². The maximum Gasteiger partial charge on any atom is 0.230 e.